The van der Waals surface area contributed by atoms with Crippen molar-refractivity contribution in [1.82, 2.24) is 30.3 Å². The molecule has 1 unspecified atom stereocenters. The van der Waals surface area contributed by atoms with Crippen molar-refractivity contribution in [2.75, 3.05) is 39.4 Å². The molecule has 168 valence electrons. The number of hydrogen-bond donors (Lipinski definition) is 2. The van der Waals surface area contributed by atoms with Gasteiger partial charge in [0.05, 0.1) is 0 Å². The van der Waals surface area contributed by atoms with Crippen LogP contribution in [0, 0.1) is 6.92 Å². The van der Waals surface area contributed by atoms with E-state index in [2.05, 4.69) is 39.6 Å². The van der Waals surface area contributed by atoms with Gasteiger partial charge in [-0.1, -0.05) is 20.3 Å². The van der Waals surface area contributed by atoms with E-state index in [0.717, 1.165) is 63.3 Å². The SMILES string of the molecule is CCCCOCCCNC(=NCc1nnc(C)n1C)NCC1CCCN1CC.I. The van der Waals surface area contributed by atoms with E-state index >= 15 is 0 Å². The largest absolute Gasteiger partial charge is 0.381 e. The molecule has 29 heavy (non-hydrogen) atoms. The number of likely N-dealkylation sites (N-methyl/N-ethyl adjacent to an activating group) is 1. The third-order valence-corrected chi connectivity index (χ3v) is 5.37. The Balaban J connectivity index is 0.00000420. The number of hydrogen-bond acceptors (Lipinski definition) is 5. The molecule has 1 saturated heterocycles. The molecule has 2 heterocycles. The summed E-state index contributed by atoms with van der Waals surface area (Å²) in [5.74, 6) is 2.62. The first kappa shape index (κ1) is 26.1. The zero-order valence-corrected chi connectivity index (χ0v) is 20.9. The van der Waals surface area contributed by atoms with Crippen molar-refractivity contribution in [3.05, 3.63) is 11.6 Å². The Bertz CT molecular complexity index is 593. The minimum atomic E-state index is 0. The Labute approximate surface area is 193 Å². The Kier molecular flexibility index (Phi) is 13.5. The van der Waals surface area contributed by atoms with E-state index in [-0.39, 0.29) is 24.0 Å². The predicted molar refractivity (Wildman–Crippen MR) is 129 cm³/mol. The summed E-state index contributed by atoms with van der Waals surface area (Å²) >= 11 is 0. The summed E-state index contributed by atoms with van der Waals surface area (Å²) in [5.41, 5.74) is 0. The first-order valence-electron chi connectivity index (χ1n) is 10.8. The summed E-state index contributed by atoms with van der Waals surface area (Å²) in [4.78, 5) is 7.28. The zero-order valence-electron chi connectivity index (χ0n) is 18.6. The van der Waals surface area contributed by atoms with Gasteiger partial charge in [-0.05, 0) is 45.7 Å². The lowest BCUT2D eigenvalue weighted by atomic mass is 10.2. The second kappa shape index (κ2) is 15.0. The van der Waals surface area contributed by atoms with Crippen LogP contribution in [0.15, 0.2) is 4.99 Å². The smallest absolute Gasteiger partial charge is 0.191 e. The minimum Gasteiger partial charge on any atom is -0.381 e. The van der Waals surface area contributed by atoms with Crippen LogP contribution in [-0.4, -0.2) is 71.1 Å². The van der Waals surface area contributed by atoms with Gasteiger partial charge in [0.2, 0.25) is 0 Å². The van der Waals surface area contributed by atoms with E-state index < -0.39 is 0 Å². The number of nitrogens with zero attached hydrogens (tertiary/aromatic N) is 5. The highest BCUT2D eigenvalue weighted by atomic mass is 127. The summed E-state index contributed by atoms with van der Waals surface area (Å²) < 4.78 is 7.63. The number of likely N-dealkylation sites (tertiary alicyclic amines) is 1. The lowest BCUT2D eigenvalue weighted by Crippen LogP contribution is -2.45. The average molecular weight is 521 g/mol. The molecular weight excluding hydrogens is 481 g/mol. The molecule has 0 bridgehead atoms. The van der Waals surface area contributed by atoms with Gasteiger partial charge >= 0.3 is 0 Å². The number of aromatic nitrogens is 3. The molecule has 8 nitrogen and oxygen atoms in total. The van der Waals surface area contributed by atoms with Crippen LogP contribution < -0.4 is 10.6 Å². The lowest BCUT2D eigenvalue weighted by Gasteiger charge is -2.24. The molecular formula is C20H40IN7O. The number of rotatable bonds is 12. The number of halogens is 1. The van der Waals surface area contributed by atoms with Crippen molar-refractivity contribution in [2.45, 2.75) is 65.5 Å². The fourth-order valence-corrected chi connectivity index (χ4v) is 3.40. The van der Waals surface area contributed by atoms with Gasteiger partial charge < -0.3 is 19.9 Å². The first-order chi connectivity index (χ1) is 13.7. The topological polar surface area (TPSA) is 79.6 Å². The van der Waals surface area contributed by atoms with Gasteiger partial charge in [-0.2, -0.15) is 0 Å². The summed E-state index contributed by atoms with van der Waals surface area (Å²) in [7, 11) is 1.98. The summed E-state index contributed by atoms with van der Waals surface area (Å²) in [6, 6.07) is 0.589. The van der Waals surface area contributed by atoms with E-state index in [4.69, 9.17) is 9.73 Å². The molecule has 1 fully saturated rings. The van der Waals surface area contributed by atoms with Gasteiger partial charge in [-0.15, -0.1) is 34.2 Å². The van der Waals surface area contributed by atoms with Gasteiger partial charge in [0.1, 0.15) is 12.4 Å². The molecule has 1 aromatic heterocycles. The van der Waals surface area contributed by atoms with Crippen LogP contribution in [0.2, 0.25) is 0 Å². The van der Waals surface area contributed by atoms with Crippen LogP contribution in [0.5, 0.6) is 0 Å². The molecule has 0 saturated carbocycles. The number of aliphatic imine (C=N–C) groups is 1. The highest BCUT2D eigenvalue weighted by Crippen LogP contribution is 2.15. The Hall–Kier alpha value is -0.940. The third-order valence-electron chi connectivity index (χ3n) is 5.37. The Morgan fingerprint density at radius 2 is 2.00 bits per heavy atom. The van der Waals surface area contributed by atoms with E-state index in [1.807, 2.05) is 18.5 Å². The van der Waals surface area contributed by atoms with Crippen molar-refractivity contribution in [2.24, 2.45) is 12.0 Å². The van der Waals surface area contributed by atoms with Crippen LogP contribution in [-0.2, 0) is 18.3 Å². The Morgan fingerprint density at radius 3 is 2.69 bits per heavy atom. The average Bonchev–Trinajstić information content (AvgIpc) is 3.29. The zero-order chi connectivity index (χ0) is 20.2. The van der Waals surface area contributed by atoms with Crippen molar-refractivity contribution in [3.63, 3.8) is 0 Å². The maximum Gasteiger partial charge on any atom is 0.191 e. The van der Waals surface area contributed by atoms with Crippen molar-refractivity contribution < 1.29 is 4.74 Å². The number of aryl methyl sites for hydroxylation is 1. The molecule has 0 spiro atoms. The maximum atomic E-state index is 5.64. The molecule has 1 atom stereocenters. The summed E-state index contributed by atoms with van der Waals surface area (Å²) in [6.45, 7) is 12.6. The van der Waals surface area contributed by atoms with E-state index in [9.17, 15) is 0 Å². The predicted octanol–water partition coefficient (Wildman–Crippen LogP) is 2.47. The van der Waals surface area contributed by atoms with Gasteiger partial charge in [-0.25, -0.2) is 4.99 Å². The first-order valence-corrected chi connectivity index (χ1v) is 10.8. The second-order valence-corrected chi connectivity index (χ2v) is 7.44. The van der Waals surface area contributed by atoms with Gasteiger partial charge in [0.25, 0.3) is 0 Å². The molecule has 9 heteroatoms. The molecule has 2 N–H and O–H groups in total. The van der Waals surface area contributed by atoms with E-state index in [1.165, 1.54) is 25.8 Å². The highest BCUT2D eigenvalue weighted by molar-refractivity contribution is 14.0. The van der Waals surface area contributed by atoms with Gasteiger partial charge in [-0.3, -0.25) is 4.90 Å². The molecule has 1 aromatic rings. The second-order valence-electron chi connectivity index (χ2n) is 7.44. The fourth-order valence-electron chi connectivity index (χ4n) is 3.40. The molecule has 2 rings (SSSR count). The van der Waals surface area contributed by atoms with E-state index in [1.54, 1.807) is 0 Å². The number of unbranched alkanes of at least 4 members (excludes halogenated alkanes) is 1. The maximum absolute atomic E-state index is 5.64. The molecule has 0 amide bonds. The number of guanidine groups is 1. The molecule has 0 radical (unpaired) electrons. The van der Waals surface area contributed by atoms with Crippen LogP contribution in [0.3, 0.4) is 0 Å². The molecule has 1 aliphatic rings. The summed E-state index contributed by atoms with van der Waals surface area (Å²) in [6.07, 6.45) is 5.82. The fraction of sp³-hybridized carbons (Fsp3) is 0.850. The molecule has 1 aliphatic heterocycles. The number of nitrogens with one attached hydrogen (secondary N) is 2. The number of ether oxygens (including phenoxy) is 1. The lowest BCUT2D eigenvalue weighted by molar-refractivity contribution is 0.129. The van der Waals surface area contributed by atoms with Gasteiger partial charge in [0.15, 0.2) is 11.8 Å². The Morgan fingerprint density at radius 1 is 1.21 bits per heavy atom. The summed E-state index contributed by atoms with van der Waals surface area (Å²) in [5, 5.41) is 15.3. The van der Waals surface area contributed by atoms with Crippen LogP contribution in [0.1, 0.15) is 57.6 Å². The highest BCUT2D eigenvalue weighted by Gasteiger charge is 2.22. The molecule has 0 aliphatic carbocycles. The third kappa shape index (κ3) is 9.17. The van der Waals surface area contributed by atoms with Gasteiger partial charge in [0, 0.05) is 39.4 Å². The van der Waals surface area contributed by atoms with E-state index in [0.29, 0.717) is 12.6 Å². The normalized spacial score (nSPS) is 17.4. The quantitative estimate of drug-likeness (QED) is 0.191. The molecule has 0 aromatic carbocycles. The standard InChI is InChI=1S/C20H39N7O.HI/c1-5-7-13-28-14-9-11-21-20(22-15-18-10-8-12-27(18)6-2)23-16-19-25-24-17(3)26(19)4;/h18H,5-16H2,1-4H3,(H2,21,22,23);1H. The minimum absolute atomic E-state index is 0. The monoisotopic (exact) mass is 521 g/mol. The van der Waals surface area contributed by atoms with Crippen LogP contribution >= 0.6 is 24.0 Å². The van der Waals surface area contributed by atoms with Crippen LogP contribution in [0.4, 0.5) is 0 Å². The van der Waals surface area contributed by atoms with Crippen molar-refractivity contribution in [1.29, 1.82) is 0 Å². The van der Waals surface area contributed by atoms with Crippen LogP contribution in [0.25, 0.3) is 0 Å². The van der Waals surface area contributed by atoms with Crippen molar-refractivity contribution in [3.8, 4) is 0 Å². The van der Waals surface area contributed by atoms with Crippen molar-refractivity contribution >= 4 is 29.9 Å².